The minimum atomic E-state index is -0.556. The number of nitrogens with zero attached hydrogens (tertiary/aromatic N) is 4. The Morgan fingerprint density at radius 1 is 1.47 bits per heavy atom. The maximum absolute atomic E-state index is 11.5. The van der Waals surface area contributed by atoms with Crippen LogP contribution in [0, 0.1) is 0 Å². The van der Waals surface area contributed by atoms with Crippen molar-refractivity contribution in [2.75, 3.05) is 13.7 Å². The smallest absolute Gasteiger partial charge is 0.376 e. The number of methoxy groups -OCH3 is 1. The van der Waals surface area contributed by atoms with E-state index in [1.54, 1.807) is 17.1 Å². The van der Waals surface area contributed by atoms with E-state index in [2.05, 4.69) is 19.8 Å². The van der Waals surface area contributed by atoms with Gasteiger partial charge in [0.15, 0.2) is 11.9 Å². The quantitative estimate of drug-likeness (QED) is 0.759. The van der Waals surface area contributed by atoms with Crippen molar-refractivity contribution in [3.8, 4) is 0 Å². The zero-order valence-electron chi connectivity index (χ0n) is 10.6. The Balaban J connectivity index is 2.02. The molecule has 1 saturated heterocycles. The van der Waals surface area contributed by atoms with Crippen LogP contribution < -0.4 is 0 Å². The van der Waals surface area contributed by atoms with Crippen LogP contribution in [0.5, 0.6) is 0 Å². The summed E-state index contributed by atoms with van der Waals surface area (Å²) in [7, 11) is 1.30. The molecule has 0 radical (unpaired) electrons. The molecule has 7 nitrogen and oxygen atoms in total. The molecule has 1 fully saturated rings. The van der Waals surface area contributed by atoms with Crippen LogP contribution in [0.3, 0.4) is 0 Å². The summed E-state index contributed by atoms with van der Waals surface area (Å²) < 4.78 is 12.0. The predicted octanol–water partition coefficient (Wildman–Crippen LogP) is 1.31. The molecule has 1 unspecified atom stereocenters. The molecule has 1 aliphatic rings. The fourth-order valence-electron chi connectivity index (χ4n) is 2.15. The number of carbonyl (C=O) groups is 1. The fourth-order valence-corrected chi connectivity index (χ4v) is 2.15. The molecule has 0 amide bonds. The summed E-state index contributed by atoms with van der Waals surface area (Å²) >= 11 is 0. The summed E-state index contributed by atoms with van der Waals surface area (Å²) in [5.41, 5.74) is 0.599. The molecule has 1 atom stereocenters. The lowest BCUT2D eigenvalue weighted by molar-refractivity contribution is -0.0370. The van der Waals surface area contributed by atoms with Crippen LogP contribution in [0.1, 0.15) is 36.1 Å². The monoisotopic (exact) mass is 262 g/mol. The van der Waals surface area contributed by atoms with Crippen LogP contribution >= 0.6 is 0 Å². The van der Waals surface area contributed by atoms with E-state index in [1.807, 2.05) is 0 Å². The first-order chi connectivity index (χ1) is 9.29. The maximum Gasteiger partial charge on any atom is 0.376 e. The Morgan fingerprint density at radius 3 is 3.11 bits per heavy atom. The number of esters is 1. The first-order valence-corrected chi connectivity index (χ1v) is 6.20. The average molecular weight is 262 g/mol. The molecular formula is C12H14N4O3. The fraction of sp³-hybridized carbons (Fsp3) is 0.500. The minimum Gasteiger partial charge on any atom is -0.463 e. The highest BCUT2D eigenvalue weighted by Gasteiger charge is 2.20. The van der Waals surface area contributed by atoms with E-state index >= 15 is 0 Å². The van der Waals surface area contributed by atoms with Crippen LogP contribution in [0.15, 0.2) is 12.4 Å². The highest BCUT2D eigenvalue weighted by Crippen LogP contribution is 2.24. The Morgan fingerprint density at radius 2 is 2.37 bits per heavy atom. The summed E-state index contributed by atoms with van der Waals surface area (Å²) in [5.74, 6) is -0.522. The van der Waals surface area contributed by atoms with Gasteiger partial charge in [-0.05, 0) is 19.3 Å². The number of hydrogen-bond donors (Lipinski definition) is 0. The van der Waals surface area contributed by atoms with Gasteiger partial charge in [0.05, 0.1) is 18.7 Å². The third-order valence-electron chi connectivity index (χ3n) is 3.13. The van der Waals surface area contributed by atoms with Crippen molar-refractivity contribution in [3.63, 3.8) is 0 Å². The molecule has 0 aliphatic carbocycles. The second kappa shape index (κ2) is 4.93. The molecule has 0 N–H and O–H groups in total. The van der Waals surface area contributed by atoms with Crippen LogP contribution in [0.2, 0.25) is 0 Å². The molecule has 3 rings (SSSR count). The van der Waals surface area contributed by atoms with Crippen molar-refractivity contribution in [2.24, 2.45) is 0 Å². The van der Waals surface area contributed by atoms with E-state index < -0.39 is 5.97 Å². The van der Waals surface area contributed by atoms with E-state index in [4.69, 9.17) is 4.74 Å². The number of aromatic nitrogens is 4. The topological polar surface area (TPSA) is 79.1 Å². The van der Waals surface area contributed by atoms with E-state index in [-0.39, 0.29) is 12.1 Å². The zero-order chi connectivity index (χ0) is 13.2. The zero-order valence-corrected chi connectivity index (χ0v) is 10.6. The van der Waals surface area contributed by atoms with Crippen molar-refractivity contribution in [3.05, 3.63) is 18.2 Å². The van der Waals surface area contributed by atoms with Gasteiger partial charge in [0.2, 0.25) is 5.82 Å². The molecule has 2 aromatic rings. The van der Waals surface area contributed by atoms with Gasteiger partial charge in [-0.25, -0.2) is 19.4 Å². The number of hydrogen-bond acceptors (Lipinski definition) is 6. The number of rotatable bonds is 2. The molecule has 0 spiro atoms. The van der Waals surface area contributed by atoms with Gasteiger partial charge < -0.3 is 9.47 Å². The van der Waals surface area contributed by atoms with Crippen molar-refractivity contribution in [1.82, 2.24) is 19.7 Å². The third kappa shape index (κ3) is 2.17. The van der Waals surface area contributed by atoms with Crippen LogP contribution in [-0.4, -0.2) is 39.4 Å². The van der Waals surface area contributed by atoms with Gasteiger partial charge in [0.25, 0.3) is 0 Å². The van der Waals surface area contributed by atoms with Crippen molar-refractivity contribution in [1.29, 1.82) is 0 Å². The minimum absolute atomic E-state index is 0.0348. The Kier molecular flexibility index (Phi) is 3.12. The van der Waals surface area contributed by atoms with Gasteiger partial charge in [-0.3, -0.25) is 0 Å². The highest BCUT2D eigenvalue weighted by molar-refractivity contribution is 5.87. The lowest BCUT2D eigenvalue weighted by Crippen LogP contribution is -2.20. The first kappa shape index (κ1) is 12.0. The van der Waals surface area contributed by atoms with Crippen LogP contribution in [0.4, 0.5) is 0 Å². The molecule has 0 saturated carbocycles. The van der Waals surface area contributed by atoms with E-state index in [1.165, 1.54) is 7.11 Å². The lowest BCUT2D eigenvalue weighted by atomic mass is 10.2. The summed E-state index contributed by atoms with van der Waals surface area (Å²) in [5, 5.41) is 5.06. The molecule has 19 heavy (non-hydrogen) atoms. The lowest BCUT2D eigenvalue weighted by Gasteiger charge is -2.22. The summed E-state index contributed by atoms with van der Waals surface area (Å²) in [6.45, 7) is 0.723. The van der Waals surface area contributed by atoms with Gasteiger partial charge in [-0.2, -0.15) is 5.10 Å². The van der Waals surface area contributed by atoms with Gasteiger partial charge >= 0.3 is 5.97 Å². The molecule has 0 aromatic carbocycles. The Hall–Kier alpha value is -2.02. The van der Waals surface area contributed by atoms with Crippen molar-refractivity contribution < 1.29 is 14.3 Å². The second-order valence-electron chi connectivity index (χ2n) is 4.37. The summed E-state index contributed by atoms with van der Waals surface area (Å²) in [6.07, 6.45) is 6.19. The number of ether oxygens (including phenoxy) is 2. The Labute approximate surface area is 109 Å². The molecule has 0 bridgehead atoms. The maximum atomic E-state index is 11.5. The van der Waals surface area contributed by atoms with E-state index in [9.17, 15) is 4.79 Å². The van der Waals surface area contributed by atoms with Gasteiger partial charge in [0, 0.05) is 12.8 Å². The van der Waals surface area contributed by atoms with Gasteiger partial charge in [-0.1, -0.05) is 0 Å². The number of carbonyl (C=O) groups excluding carboxylic acids is 1. The van der Waals surface area contributed by atoms with E-state index in [0.29, 0.717) is 5.65 Å². The molecule has 2 aromatic heterocycles. The van der Waals surface area contributed by atoms with Crippen LogP contribution in [-0.2, 0) is 9.47 Å². The first-order valence-electron chi connectivity index (χ1n) is 6.20. The van der Waals surface area contributed by atoms with Gasteiger partial charge in [-0.15, -0.1) is 0 Å². The third-order valence-corrected chi connectivity index (χ3v) is 3.13. The predicted molar refractivity (Wildman–Crippen MR) is 65.5 cm³/mol. The molecular weight excluding hydrogens is 248 g/mol. The van der Waals surface area contributed by atoms with Crippen LogP contribution in [0.25, 0.3) is 11.0 Å². The normalized spacial score (nSPS) is 19.5. The summed E-state index contributed by atoms with van der Waals surface area (Å²) in [4.78, 5) is 19.6. The number of fused-ring (bicyclic) bond motifs is 1. The average Bonchev–Trinajstić information content (AvgIpc) is 2.90. The van der Waals surface area contributed by atoms with Crippen molar-refractivity contribution in [2.45, 2.75) is 25.5 Å². The standard InChI is InChI=1S/C12H14N4O3/c1-18-12(17)10-13-6-8-7-14-16(11(8)15-10)9-4-2-3-5-19-9/h6-7,9H,2-5H2,1H3. The van der Waals surface area contributed by atoms with Crippen molar-refractivity contribution >= 4 is 17.0 Å². The Bertz CT molecular complexity index is 604. The molecule has 7 heteroatoms. The highest BCUT2D eigenvalue weighted by atomic mass is 16.5. The summed E-state index contributed by atoms with van der Waals surface area (Å²) in [6, 6.07) is 0. The SMILES string of the molecule is COC(=O)c1ncc2cnn(C3CCCCO3)c2n1. The van der Waals surface area contributed by atoms with Gasteiger partial charge in [0.1, 0.15) is 0 Å². The molecule has 3 heterocycles. The largest absolute Gasteiger partial charge is 0.463 e. The second-order valence-corrected chi connectivity index (χ2v) is 4.37. The molecule has 1 aliphatic heterocycles. The molecule has 100 valence electrons. The van der Waals surface area contributed by atoms with E-state index in [0.717, 1.165) is 31.3 Å².